The average Bonchev–Trinajstić information content (AvgIpc) is 2.95. The van der Waals surface area contributed by atoms with Crippen molar-refractivity contribution in [3.63, 3.8) is 0 Å². The second-order valence-corrected chi connectivity index (χ2v) is 8.03. The van der Waals surface area contributed by atoms with Gasteiger partial charge in [-0.15, -0.1) is 0 Å². The fraction of sp³-hybridized carbons (Fsp3) is 0.364. The Hall–Kier alpha value is -2.50. The Kier molecular flexibility index (Phi) is 3.88. The number of piperazine rings is 3. The van der Waals surface area contributed by atoms with Gasteiger partial charge >= 0.3 is 0 Å². The molecule has 0 saturated carbocycles. The number of hydrogen-bond donors (Lipinski definition) is 0. The maximum Gasteiger partial charge on any atom is 0.261 e. The van der Waals surface area contributed by atoms with Crippen molar-refractivity contribution in [1.82, 2.24) is 9.80 Å². The quantitative estimate of drug-likeness (QED) is 0.617. The number of quaternary nitrogens is 1. The van der Waals surface area contributed by atoms with E-state index in [1.165, 1.54) is 10.5 Å². The summed E-state index contributed by atoms with van der Waals surface area (Å²) in [4.78, 5) is 29.6. The summed E-state index contributed by atoms with van der Waals surface area (Å²) in [6, 6.07) is 18.1. The van der Waals surface area contributed by atoms with Gasteiger partial charge in [0.15, 0.2) is 0 Å². The van der Waals surface area contributed by atoms with Gasteiger partial charge in [-0.25, -0.2) is 0 Å². The zero-order valence-electron chi connectivity index (χ0n) is 15.4. The Bertz CT molecular complexity index is 852. The average molecular weight is 362 g/mol. The van der Waals surface area contributed by atoms with Crippen LogP contribution < -0.4 is 0 Å². The van der Waals surface area contributed by atoms with Crippen LogP contribution in [0.5, 0.6) is 0 Å². The van der Waals surface area contributed by atoms with Gasteiger partial charge in [-0.05, 0) is 12.1 Å². The lowest BCUT2D eigenvalue weighted by molar-refractivity contribution is -0.975. The summed E-state index contributed by atoms with van der Waals surface area (Å²) in [7, 11) is 0. The molecule has 1 unspecified atom stereocenters. The van der Waals surface area contributed by atoms with Crippen molar-refractivity contribution in [2.45, 2.75) is 12.6 Å². The Morgan fingerprint density at radius 3 is 2.07 bits per heavy atom. The lowest BCUT2D eigenvalue weighted by atomic mass is 9.99. The van der Waals surface area contributed by atoms with E-state index >= 15 is 0 Å². The predicted octanol–water partition coefficient (Wildman–Crippen LogP) is 2.00. The largest absolute Gasteiger partial charge is 0.313 e. The third-order valence-corrected chi connectivity index (χ3v) is 6.58. The molecule has 5 nitrogen and oxygen atoms in total. The molecule has 3 fully saturated rings. The first kappa shape index (κ1) is 16.7. The van der Waals surface area contributed by atoms with Crippen LogP contribution in [-0.2, 0) is 6.54 Å². The standard InChI is InChI=1S/C22H24N3O2/c26-21-19-8-4-5-9-20(19)22(27)24(21)15-18-14-23-10-12-25(18,13-11-23)16-17-6-2-1-3-7-17/h1-9,18H,10-16H2/q+1. The molecular weight excluding hydrogens is 338 g/mol. The first-order valence-corrected chi connectivity index (χ1v) is 9.74. The highest BCUT2D eigenvalue weighted by molar-refractivity contribution is 6.21. The smallest absolute Gasteiger partial charge is 0.261 e. The van der Waals surface area contributed by atoms with E-state index in [1.807, 2.05) is 18.2 Å². The molecule has 0 radical (unpaired) electrons. The van der Waals surface area contributed by atoms with E-state index in [4.69, 9.17) is 0 Å². The summed E-state index contributed by atoms with van der Waals surface area (Å²) in [5, 5.41) is 0. The molecule has 0 aliphatic carbocycles. The molecule has 6 rings (SSSR count). The number of carbonyl (C=O) groups excluding carboxylic acids is 2. The molecule has 2 aromatic rings. The molecule has 0 aromatic heterocycles. The number of hydrogen-bond acceptors (Lipinski definition) is 3. The number of benzene rings is 2. The molecule has 0 spiro atoms. The van der Waals surface area contributed by atoms with Gasteiger partial charge in [0.2, 0.25) is 0 Å². The Labute approximate surface area is 159 Å². The first-order chi connectivity index (χ1) is 13.2. The van der Waals surface area contributed by atoms with Gasteiger partial charge < -0.3 is 4.48 Å². The van der Waals surface area contributed by atoms with E-state index < -0.39 is 0 Å². The summed E-state index contributed by atoms with van der Waals surface area (Å²) in [5.74, 6) is -0.266. The number of rotatable bonds is 4. The molecule has 4 aliphatic heterocycles. The number of imide groups is 1. The van der Waals surface area contributed by atoms with Crippen LogP contribution in [0.15, 0.2) is 54.6 Å². The lowest BCUT2D eigenvalue weighted by Gasteiger charge is -2.56. The molecule has 138 valence electrons. The van der Waals surface area contributed by atoms with Gasteiger partial charge in [0.1, 0.15) is 12.6 Å². The molecule has 27 heavy (non-hydrogen) atoms. The Morgan fingerprint density at radius 1 is 0.852 bits per heavy atom. The second kappa shape index (κ2) is 6.29. The SMILES string of the molecule is O=C1c2ccccc2C(=O)N1CC1CN2CC[N+]1(Cc1ccccc1)CC2. The van der Waals surface area contributed by atoms with Crippen molar-refractivity contribution in [1.29, 1.82) is 0 Å². The van der Waals surface area contributed by atoms with Crippen molar-refractivity contribution in [2.24, 2.45) is 0 Å². The molecule has 5 heteroatoms. The summed E-state index contributed by atoms with van der Waals surface area (Å²) >= 11 is 0. The molecule has 4 heterocycles. The van der Waals surface area contributed by atoms with Gasteiger partial charge in [0.05, 0.1) is 37.3 Å². The highest BCUT2D eigenvalue weighted by Crippen LogP contribution is 2.31. The fourth-order valence-corrected chi connectivity index (χ4v) is 5.00. The van der Waals surface area contributed by atoms with Crippen molar-refractivity contribution in [3.8, 4) is 0 Å². The summed E-state index contributed by atoms with van der Waals surface area (Å²) in [6.45, 7) is 6.82. The minimum atomic E-state index is -0.133. The topological polar surface area (TPSA) is 40.6 Å². The van der Waals surface area contributed by atoms with Gasteiger partial charge in [-0.3, -0.25) is 19.4 Å². The number of fused-ring (bicyclic) bond motifs is 4. The van der Waals surface area contributed by atoms with Gasteiger partial charge in [-0.1, -0.05) is 42.5 Å². The lowest BCUT2D eigenvalue weighted by Crippen LogP contribution is -2.73. The fourth-order valence-electron chi connectivity index (χ4n) is 5.00. The highest BCUT2D eigenvalue weighted by atomic mass is 16.2. The normalized spacial score (nSPS) is 29.3. The van der Waals surface area contributed by atoms with E-state index in [2.05, 4.69) is 29.2 Å². The van der Waals surface area contributed by atoms with E-state index in [0.717, 1.165) is 43.8 Å². The van der Waals surface area contributed by atoms with Crippen LogP contribution in [0.1, 0.15) is 26.3 Å². The molecule has 2 amide bonds. The van der Waals surface area contributed by atoms with Gasteiger partial charge in [-0.2, -0.15) is 0 Å². The Balaban J connectivity index is 1.42. The van der Waals surface area contributed by atoms with Crippen LogP contribution in [-0.4, -0.2) is 71.4 Å². The zero-order chi connectivity index (χ0) is 18.4. The van der Waals surface area contributed by atoms with E-state index in [-0.39, 0.29) is 17.9 Å². The highest BCUT2D eigenvalue weighted by Gasteiger charge is 2.49. The van der Waals surface area contributed by atoms with E-state index in [9.17, 15) is 9.59 Å². The third-order valence-electron chi connectivity index (χ3n) is 6.58. The maximum atomic E-state index is 12.8. The van der Waals surface area contributed by atoms with Crippen LogP contribution in [0.4, 0.5) is 0 Å². The molecule has 0 N–H and O–H groups in total. The van der Waals surface area contributed by atoms with Crippen molar-refractivity contribution < 1.29 is 14.1 Å². The minimum Gasteiger partial charge on any atom is -0.313 e. The number of amides is 2. The number of carbonyl (C=O) groups is 2. The minimum absolute atomic E-state index is 0.133. The molecule has 2 aromatic carbocycles. The van der Waals surface area contributed by atoms with Crippen molar-refractivity contribution >= 4 is 11.8 Å². The van der Waals surface area contributed by atoms with Gasteiger partial charge in [0.25, 0.3) is 11.8 Å². The molecule has 1 atom stereocenters. The van der Waals surface area contributed by atoms with Crippen LogP contribution in [0.25, 0.3) is 0 Å². The van der Waals surface area contributed by atoms with E-state index in [1.54, 1.807) is 12.1 Å². The predicted molar refractivity (Wildman–Crippen MR) is 102 cm³/mol. The molecule has 4 aliphatic rings. The maximum absolute atomic E-state index is 12.8. The van der Waals surface area contributed by atoms with E-state index in [0.29, 0.717) is 17.7 Å². The zero-order valence-corrected chi connectivity index (χ0v) is 15.4. The van der Waals surface area contributed by atoms with Crippen LogP contribution >= 0.6 is 0 Å². The molecule has 3 saturated heterocycles. The second-order valence-electron chi connectivity index (χ2n) is 8.03. The summed E-state index contributed by atoms with van der Waals surface area (Å²) in [6.07, 6.45) is 0. The molecule has 2 bridgehead atoms. The van der Waals surface area contributed by atoms with Crippen LogP contribution in [0.2, 0.25) is 0 Å². The first-order valence-electron chi connectivity index (χ1n) is 9.74. The van der Waals surface area contributed by atoms with Crippen LogP contribution in [0, 0.1) is 0 Å². The van der Waals surface area contributed by atoms with Crippen molar-refractivity contribution in [3.05, 3.63) is 71.3 Å². The van der Waals surface area contributed by atoms with Gasteiger partial charge in [0, 0.05) is 18.7 Å². The Morgan fingerprint density at radius 2 is 1.44 bits per heavy atom. The summed E-state index contributed by atoms with van der Waals surface area (Å²) < 4.78 is 0.980. The molecular formula is C22H24N3O2+. The van der Waals surface area contributed by atoms with Crippen molar-refractivity contribution in [2.75, 3.05) is 39.3 Å². The summed E-state index contributed by atoms with van der Waals surface area (Å²) in [5.41, 5.74) is 2.43. The third kappa shape index (κ3) is 2.69. The van der Waals surface area contributed by atoms with Crippen LogP contribution in [0.3, 0.4) is 0 Å². The monoisotopic (exact) mass is 362 g/mol. The number of nitrogens with zero attached hydrogens (tertiary/aromatic N) is 3.